The number of likely N-dealkylation sites (tertiary alicyclic amines) is 1. The van der Waals surface area contributed by atoms with Crippen molar-refractivity contribution < 1.29 is 14.1 Å². The first-order valence-electron chi connectivity index (χ1n) is 10.8. The van der Waals surface area contributed by atoms with Gasteiger partial charge in [-0.2, -0.15) is 0 Å². The minimum atomic E-state index is -0.159. The molecule has 1 saturated heterocycles. The molecule has 0 saturated carbocycles. The summed E-state index contributed by atoms with van der Waals surface area (Å²) in [6.07, 6.45) is 3.63. The molecule has 1 aromatic heterocycles. The lowest BCUT2D eigenvalue weighted by Gasteiger charge is -2.35. The Bertz CT molecular complexity index is 993. The van der Waals surface area contributed by atoms with E-state index in [-0.39, 0.29) is 11.9 Å². The molecule has 2 aromatic carbocycles. The van der Waals surface area contributed by atoms with Gasteiger partial charge in [-0.3, -0.25) is 9.69 Å². The highest BCUT2D eigenvalue weighted by Crippen LogP contribution is 2.28. The van der Waals surface area contributed by atoms with Crippen LogP contribution in [0.3, 0.4) is 0 Å². The topological polar surface area (TPSA) is 67.6 Å². The number of aryl methyl sites for hydroxylation is 1. The standard InChI is InChI=1S/C25H29N3O3/c1-18-23(24(27-31-18)20-9-5-3-6-10-20)25(29)26-17-22(28-15-7-4-8-16-28)19-11-13-21(30-2)14-12-19/h3,5-6,9-14,22H,4,7-8,15-17H2,1-2H3,(H,26,29)/t22-/m1/s1. The molecule has 1 N–H and O–H groups in total. The zero-order valence-corrected chi connectivity index (χ0v) is 18.1. The molecule has 3 aromatic rings. The molecule has 1 atom stereocenters. The van der Waals surface area contributed by atoms with Crippen LogP contribution in [0.1, 0.15) is 47.0 Å². The number of benzene rings is 2. The molecule has 2 heterocycles. The first-order chi connectivity index (χ1) is 15.2. The summed E-state index contributed by atoms with van der Waals surface area (Å²) in [4.78, 5) is 15.7. The fourth-order valence-electron chi connectivity index (χ4n) is 4.22. The summed E-state index contributed by atoms with van der Waals surface area (Å²) in [5.74, 6) is 1.20. The van der Waals surface area contributed by atoms with Crippen LogP contribution in [0.2, 0.25) is 0 Å². The molecule has 0 bridgehead atoms. The van der Waals surface area contributed by atoms with Crippen molar-refractivity contribution in [1.82, 2.24) is 15.4 Å². The maximum Gasteiger partial charge on any atom is 0.257 e. The molecule has 31 heavy (non-hydrogen) atoms. The van der Waals surface area contributed by atoms with Crippen molar-refractivity contribution in [2.24, 2.45) is 0 Å². The normalized spacial score (nSPS) is 15.4. The van der Waals surface area contributed by atoms with Crippen LogP contribution >= 0.6 is 0 Å². The molecular formula is C25H29N3O3. The van der Waals surface area contributed by atoms with E-state index >= 15 is 0 Å². The maximum atomic E-state index is 13.2. The van der Waals surface area contributed by atoms with Gasteiger partial charge in [0.05, 0.1) is 13.2 Å². The SMILES string of the molecule is COc1ccc([C@@H](CNC(=O)c2c(-c3ccccc3)noc2C)N2CCCCC2)cc1. The highest BCUT2D eigenvalue weighted by molar-refractivity contribution is 6.00. The maximum absolute atomic E-state index is 13.2. The summed E-state index contributed by atoms with van der Waals surface area (Å²) in [6.45, 7) is 4.37. The second kappa shape index (κ2) is 9.79. The molecule has 0 unspecified atom stereocenters. The Morgan fingerprint density at radius 1 is 1.10 bits per heavy atom. The van der Waals surface area contributed by atoms with E-state index < -0.39 is 0 Å². The van der Waals surface area contributed by atoms with Crippen molar-refractivity contribution in [2.45, 2.75) is 32.2 Å². The molecule has 0 aliphatic carbocycles. The lowest BCUT2D eigenvalue weighted by Crippen LogP contribution is -2.40. The monoisotopic (exact) mass is 419 g/mol. The van der Waals surface area contributed by atoms with E-state index in [1.54, 1.807) is 14.0 Å². The summed E-state index contributed by atoms with van der Waals surface area (Å²) in [6, 6.07) is 17.9. The van der Waals surface area contributed by atoms with Crippen molar-refractivity contribution in [3.63, 3.8) is 0 Å². The Balaban J connectivity index is 1.54. The van der Waals surface area contributed by atoms with Crippen LogP contribution in [0.15, 0.2) is 59.1 Å². The van der Waals surface area contributed by atoms with E-state index in [4.69, 9.17) is 9.26 Å². The van der Waals surface area contributed by atoms with Crippen LogP contribution in [0.4, 0.5) is 0 Å². The van der Waals surface area contributed by atoms with Crippen LogP contribution < -0.4 is 10.1 Å². The Labute approximate surface area is 183 Å². The van der Waals surface area contributed by atoms with Crippen LogP contribution in [0.5, 0.6) is 5.75 Å². The fourth-order valence-corrected chi connectivity index (χ4v) is 4.22. The third-order valence-electron chi connectivity index (χ3n) is 5.92. The number of carbonyl (C=O) groups excluding carboxylic acids is 1. The number of piperidine rings is 1. The van der Waals surface area contributed by atoms with Gasteiger partial charge in [-0.15, -0.1) is 0 Å². The fraction of sp³-hybridized carbons (Fsp3) is 0.360. The smallest absolute Gasteiger partial charge is 0.257 e. The van der Waals surface area contributed by atoms with E-state index in [0.29, 0.717) is 23.6 Å². The zero-order valence-electron chi connectivity index (χ0n) is 18.1. The van der Waals surface area contributed by atoms with Crippen molar-refractivity contribution in [3.05, 3.63) is 71.5 Å². The minimum Gasteiger partial charge on any atom is -0.497 e. The van der Waals surface area contributed by atoms with Crippen LogP contribution in [-0.2, 0) is 0 Å². The second-order valence-corrected chi connectivity index (χ2v) is 7.92. The molecule has 6 heteroatoms. The van der Waals surface area contributed by atoms with Gasteiger partial charge >= 0.3 is 0 Å². The number of hydrogen-bond donors (Lipinski definition) is 1. The number of nitrogens with one attached hydrogen (secondary N) is 1. The number of rotatable bonds is 7. The van der Waals surface area contributed by atoms with E-state index in [1.807, 2.05) is 42.5 Å². The van der Waals surface area contributed by atoms with Crippen molar-refractivity contribution in [1.29, 1.82) is 0 Å². The predicted molar refractivity (Wildman–Crippen MR) is 120 cm³/mol. The Morgan fingerprint density at radius 2 is 1.81 bits per heavy atom. The van der Waals surface area contributed by atoms with Crippen molar-refractivity contribution >= 4 is 5.91 Å². The van der Waals surface area contributed by atoms with Gasteiger partial charge in [-0.1, -0.05) is 54.0 Å². The van der Waals surface area contributed by atoms with Gasteiger partial charge < -0.3 is 14.6 Å². The molecule has 0 spiro atoms. The highest BCUT2D eigenvalue weighted by atomic mass is 16.5. The first-order valence-corrected chi connectivity index (χ1v) is 10.8. The number of amides is 1. The van der Waals surface area contributed by atoms with Gasteiger partial charge in [-0.25, -0.2) is 0 Å². The third kappa shape index (κ3) is 4.80. The van der Waals surface area contributed by atoms with Crippen LogP contribution in [-0.4, -0.2) is 42.7 Å². The Morgan fingerprint density at radius 3 is 2.48 bits per heavy atom. The molecule has 162 valence electrons. The number of aromatic nitrogens is 1. The lowest BCUT2D eigenvalue weighted by molar-refractivity contribution is 0.0923. The number of carbonyl (C=O) groups is 1. The average Bonchev–Trinajstić information content (AvgIpc) is 3.22. The van der Waals surface area contributed by atoms with E-state index in [0.717, 1.165) is 24.4 Å². The van der Waals surface area contributed by atoms with Gasteiger partial charge in [0, 0.05) is 12.1 Å². The molecule has 4 rings (SSSR count). The van der Waals surface area contributed by atoms with Gasteiger partial charge in [0.15, 0.2) is 0 Å². The van der Waals surface area contributed by atoms with Crippen LogP contribution in [0, 0.1) is 6.92 Å². The van der Waals surface area contributed by atoms with Gasteiger partial charge in [0.1, 0.15) is 22.8 Å². The Kier molecular flexibility index (Phi) is 6.67. The quantitative estimate of drug-likeness (QED) is 0.605. The molecule has 6 nitrogen and oxygen atoms in total. The molecule has 1 aliphatic rings. The Hall–Kier alpha value is -3.12. The highest BCUT2D eigenvalue weighted by Gasteiger charge is 2.26. The average molecular weight is 420 g/mol. The van der Waals surface area contributed by atoms with Crippen molar-refractivity contribution in [2.75, 3.05) is 26.7 Å². The number of hydrogen-bond acceptors (Lipinski definition) is 5. The van der Waals surface area contributed by atoms with Gasteiger partial charge in [-0.05, 0) is 50.6 Å². The molecular weight excluding hydrogens is 390 g/mol. The molecule has 1 amide bonds. The van der Waals surface area contributed by atoms with Crippen molar-refractivity contribution in [3.8, 4) is 17.0 Å². The zero-order chi connectivity index (χ0) is 21.6. The summed E-state index contributed by atoms with van der Waals surface area (Å²) in [5.41, 5.74) is 3.12. The molecule has 1 aliphatic heterocycles. The first kappa shape index (κ1) is 21.1. The number of ether oxygens (including phenoxy) is 1. The van der Waals surface area contributed by atoms with E-state index in [1.165, 1.54) is 24.8 Å². The second-order valence-electron chi connectivity index (χ2n) is 7.92. The van der Waals surface area contributed by atoms with E-state index in [9.17, 15) is 4.79 Å². The van der Waals surface area contributed by atoms with Crippen LogP contribution in [0.25, 0.3) is 11.3 Å². The number of methoxy groups -OCH3 is 1. The predicted octanol–water partition coefficient (Wildman–Crippen LogP) is 4.62. The van der Waals surface area contributed by atoms with Gasteiger partial charge in [0.2, 0.25) is 0 Å². The summed E-state index contributed by atoms with van der Waals surface area (Å²) in [7, 11) is 1.67. The van der Waals surface area contributed by atoms with Gasteiger partial charge in [0.25, 0.3) is 5.91 Å². The summed E-state index contributed by atoms with van der Waals surface area (Å²) in [5, 5.41) is 7.29. The molecule has 0 radical (unpaired) electrons. The van der Waals surface area contributed by atoms with E-state index in [2.05, 4.69) is 27.5 Å². The minimum absolute atomic E-state index is 0.107. The molecule has 1 fully saturated rings. The lowest BCUT2D eigenvalue weighted by atomic mass is 10.0. The number of nitrogens with zero attached hydrogens (tertiary/aromatic N) is 2. The third-order valence-corrected chi connectivity index (χ3v) is 5.92. The summed E-state index contributed by atoms with van der Waals surface area (Å²) < 4.78 is 10.7. The summed E-state index contributed by atoms with van der Waals surface area (Å²) >= 11 is 0. The largest absolute Gasteiger partial charge is 0.497 e.